The highest BCUT2D eigenvalue weighted by molar-refractivity contribution is 5.81. The van der Waals surface area contributed by atoms with Crippen LogP contribution in [0.15, 0.2) is 48.5 Å². The van der Waals surface area contributed by atoms with Gasteiger partial charge in [-0.3, -0.25) is 0 Å². The molecule has 0 unspecified atom stereocenters. The van der Waals surface area contributed by atoms with Crippen LogP contribution in [0.25, 0.3) is 22.4 Å². The second-order valence-corrected chi connectivity index (χ2v) is 5.73. The van der Waals surface area contributed by atoms with Crippen molar-refractivity contribution in [3.63, 3.8) is 0 Å². The molecule has 2 N–H and O–H groups in total. The Kier molecular flexibility index (Phi) is 5.23. The second kappa shape index (κ2) is 7.75. The van der Waals surface area contributed by atoms with Crippen molar-refractivity contribution in [1.29, 1.82) is 5.26 Å². The van der Waals surface area contributed by atoms with Crippen molar-refractivity contribution in [2.45, 2.75) is 6.92 Å². The topological polar surface area (TPSA) is 81.2 Å². The molecule has 6 heteroatoms. The van der Waals surface area contributed by atoms with Gasteiger partial charge in [0.2, 0.25) is 0 Å². The van der Waals surface area contributed by atoms with Gasteiger partial charge < -0.3 is 15.2 Å². The zero-order valence-corrected chi connectivity index (χ0v) is 15.0. The summed E-state index contributed by atoms with van der Waals surface area (Å²) in [6, 6.07) is 15.2. The van der Waals surface area contributed by atoms with Gasteiger partial charge >= 0.3 is 0 Å². The molecular formula is C21H18FN3O2. The van der Waals surface area contributed by atoms with Crippen LogP contribution < -0.4 is 15.2 Å². The van der Waals surface area contributed by atoms with E-state index in [-0.39, 0.29) is 17.2 Å². The fraction of sp³-hybridized carbons (Fsp3) is 0.143. The van der Waals surface area contributed by atoms with Crippen LogP contribution in [0.2, 0.25) is 0 Å². The van der Waals surface area contributed by atoms with Gasteiger partial charge in [0.15, 0.2) is 11.5 Å². The molecule has 3 aromatic rings. The van der Waals surface area contributed by atoms with Crippen LogP contribution in [0.5, 0.6) is 11.5 Å². The third-order valence-electron chi connectivity index (χ3n) is 4.07. The van der Waals surface area contributed by atoms with Gasteiger partial charge in [-0.25, -0.2) is 9.37 Å². The maximum atomic E-state index is 13.2. The number of nitrogens with two attached hydrogens (primary N) is 1. The van der Waals surface area contributed by atoms with Crippen LogP contribution in [0.3, 0.4) is 0 Å². The van der Waals surface area contributed by atoms with Gasteiger partial charge in [-0.15, -0.1) is 0 Å². The number of ether oxygens (including phenoxy) is 2. The van der Waals surface area contributed by atoms with E-state index in [0.717, 1.165) is 5.56 Å². The number of nitriles is 1. The van der Waals surface area contributed by atoms with Crippen molar-refractivity contribution in [1.82, 2.24) is 4.98 Å². The predicted molar refractivity (Wildman–Crippen MR) is 102 cm³/mol. The minimum absolute atomic E-state index is 0.113. The quantitative estimate of drug-likeness (QED) is 0.726. The van der Waals surface area contributed by atoms with E-state index in [1.165, 1.54) is 12.1 Å². The summed E-state index contributed by atoms with van der Waals surface area (Å²) in [4.78, 5) is 4.30. The first-order valence-corrected chi connectivity index (χ1v) is 8.35. The summed E-state index contributed by atoms with van der Waals surface area (Å²) in [6.45, 7) is 2.40. The molecule has 5 nitrogen and oxygen atoms in total. The molecule has 0 spiro atoms. The van der Waals surface area contributed by atoms with E-state index in [0.29, 0.717) is 34.9 Å². The predicted octanol–water partition coefficient (Wildman–Crippen LogP) is 4.42. The Balaban J connectivity index is 2.17. The summed E-state index contributed by atoms with van der Waals surface area (Å²) in [5.41, 5.74) is 8.90. The Morgan fingerprint density at radius 1 is 1.07 bits per heavy atom. The van der Waals surface area contributed by atoms with Crippen LogP contribution in [0.1, 0.15) is 12.5 Å². The number of nitrogen functional groups attached to an aromatic ring is 1. The zero-order chi connectivity index (χ0) is 19.4. The molecule has 136 valence electrons. The minimum atomic E-state index is -0.336. The van der Waals surface area contributed by atoms with Crippen LogP contribution in [0.4, 0.5) is 10.2 Å². The molecule has 2 aromatic carbocycles. The molecular weight excluding hydrogens is 345 g/mol. The molecule has 0 aliphatic carbocycles. The third kappa shape index (κ3) is 3.67. The first kappa shape index (κ1) is 18.2. The van der Waals surface area contributed by atoms with Crippen molar-refractivity contribution < 1.29 is 13.9 Å². The highest BCUT2D eigenvalue weighted by atomic mass is 19.1. The second-order valence-electron chi connectivity index (χ2n) is 5.73. The third-order valence-corrected chi connectivity index (χ3v) is 4.07. The Morgan fingerprint density at radius 3 is 2.41 bits per heavy atom. The van der Waals surface area contributed by atoms with E-state index in [9.17, 15) is 9.65 Å². The van der Waals surface area contributed by atoms with E-state index >= 15 is 0 Å². The molecule has 27 heavy (non-hydrogen) atoms. The van der Waals surface area contributed by atoms with Gasteiger partial charge in [-0.05, 0) is 55.0 Å². The molecule has 0 fully saturated rings. The average Bonchev–Trinajstić information content (AvgIpc) is 2.68. The lowest BCUT2D eigenvalue weighted by molar-refractivity contribution is 0.311. The van der Waals surface area contributed by atoms with Crippen LogP contribution in [-0.2, 0) is 0 Å². The molecule has 0 saturated heterocycles. The highest BCUT2D eigenvalue weighted by Crippen LogP contribution is 2.36. The summed E-state index contributed by atoms with van der Waals surface area (Å²) in [5.74, 6) is 0.944. The summed E-state index contributed by atoms with van der Waals surface area (Å²) >= 11 is 0. The number of rotatable bonds is 5. The summed E-state index contributed by atoms with van der Waals surface area (Å²) < 4.78 is 24.2. The SMILES string of the molecule is CCOc1ccc(-c2cc(-c3ccc(F)cc3)nc(N)c2C#N)cc1OC. The fourth-order valence-corrected chi connectivity index (χ4v) is 2.79. The Hall–Kier alpha value is -3.59. The van der Waals surface area contributed by atoms with Gasteiger partial charge in [0, 0.05) is 11.1 Å². The average molecular weight is 363 g/mol. The van der Waals surface area contributed by atoms with Gasteiger partial charge in [0.1, 0.15) is 23.3 Å². The minimum Gasteiger partial charge on any atom is -0.493 e. The largest absolute Gasteiger partial charge is 0.493 e. The van der Waals surface area contributed by atoms with Crippen LogP contribution in [0, 0.1) is 17.1 Å². The standard InChI is InChI=1S/C21H18FN3O2/c1-3-27-19-9-6-14(10-20(19)26-2)16-11-18(25-21(24)17(16)12-23)13-4-7-15(22)8-5-13/h4-11H,3H2,1-2H3,(H2,24,25). The monoisotopic (exact) mass is 363 g/mol. The van der Waals surface area contributed by atoms with E-state index in [1.807, 2.05) is 13.0 Å². The van der Waals surface area contributed by atoms with Crippen molar-refractivity contribution in [3.05, 3.63) is 59.9 Å². The lowest BCUT2D eigenvalue weighted by atomic mass is 9.98. The number of nitrogens with zero attached hydrogens (tertiary/aromatic N) is 2. The van der Waals surface area contributed by atoms with Gasteiger partial charge in [0.25, 0.3) is 0 Å². The summed E-state index contributed by atoms with van der Waals surface area (Å²) in [5, 5.41) is 9.55. The van der Waals surface area contributed by atoms with E-state index in [4.69, 9.17) is 15.2 Å². The molecule has 1 aromatic heterocycles. The first-order valence-electron chi connectivity index (χ1n) is 8.35. The molecule has 0 aliphatic heterocycles. The number of halogens is 1. The normalized spacial score (nSPS) is 10.3. The number of aromatic nitrogens is 1. The maximum absolute atomic E-state index is 13.2. The molecule has 0 saturated carbocycles. The number of hydrogen-bond donors (Lipinski definition) is 1. The Bertz CT molecular complexity index is 1010. The van der Waals surface area contributed by atoms with Gasteiger partial charge in [-0.2, -0.15) is 5.26 Å². The molecule has 0 radical (unpaired) electrons. The van der Waals surface area contributed by atoms with E-state index in [2.05, 4.69) is 11.1 Å². The van der Waals surface area contributed by atoms with Crippen molar-refractivity contribution in [2.75, 3.05) is 19.5 Å². The Labute approximate surface area is 156 Å². The number of pyridine rings is 1. The smallest absolute Gasteiger partial charge is 0.161 e. The molecule has 3 rings (SSSR count). The zero-order valence-electron chi connectivity index (χ0n) is 15.0. The molecule has 0 amide bonds. The van der Waals surface area contributed by atoms with E-state index in [1.54, 1.807) is 37.4 Å². The fourth-order valence-electron chi connectivity index (χ4n) is 2.79. The maximum Gasteiger partial charge on any atom is 0.161 e. The Morgan fingerprint density at radius 2 is 1.78 bits per heavy atom. The summed E-state index contributed by atoms with van der Waals surface area (Å²) in [7, 11) is 1.55. The number of anilines is 1. The van der Waals surface area contributed by atoms with Gasteiger partial charge in [-0.1, -0.05) is 6.07 Å². The van der Waals surface area contributed by atoms with E-state index < -0.39 is 0 Å². The van der Waals surface area contributed by atoms with Crippen molar-refractivity contribution in [2.24, 2.45) is 0 Å². The van der Waals surface area contributed by atoms with Gasteiger partial charge in [0.05, 0.1) is 19.4 Å². The summed E-state index contributed by atoms with van der Waals surface area (Å²) in [6.07, 6.45) is 0. The lowest BCUT2D eigenvalue weighted by Gasteiger charge is -2.13. The number of hydrogen-bond acceptors (Lipinski definition) is 5. The van der Waals surface area contributed by atoms with Crippen LogP contribution >= 0.6 is 0 Å². The highest BCUT2D eigenvalue weighted by Gasteiger charge is 2.15. The van der Waals surface area contributed by atoms with Crippen molar-refractivity contribution >= 4 is 5.82 Å². The first-order chi connectivity index (χ1) is 13.1. The van der Waals surface area contributed by atoms with Crippen LogP contribution in [-0.4, -0.2) is 18.7 Å². The number of methoxy groups -OCH3 is 1. The molecule has 1 heterocycles. The molecule has 0 atom stereocenters. The molecule has 0 bridgehead atoms. The lowest BCUT2D eigenvalue weighted by Crippen LogP contribution is -2.00. The van der Waals surface area contributed by atoms with Crippen molar-refractivity contribution in [3.8, 4) is 40.0 Å². The molecule has 0 aliphatic rings. The number of benzene rings is 2.